The van der Waals surface area contributed by atoms with Crippen LogP contribution in [0.4, 0.5) is 0 Å². The van der Waals surface area contributed by atoms with Crippen LogP contribution in [0.1, 0.15) is 11.1 Å². The topological polar surface area (TPSA) is 22.1 Å². The molecule has 0 radical (unpaired) electrons. The van der Waals surface area contributed by atoms with Gasteiger partial charge in [0.05, 0.1) is 17.6 Å². The smallest absolute Gasteiger partial charge is 0.122 e. The van der Waals surface area contributed by atoms with Gasteiger partial charge in [0.2, 0.25) is 0 Å². The highest BCUT2D eigenvalue weighted by Crippen LogP contribution is 2.30. The first-order valence-electron chi connectivity index (χ1n) is 4.73. The van der Waals surface area contributed by atoms with Gasteiger partial charge in [-0.1, -0.05) is 11.6 Å². The highest BCUT2D eigenvalue weighted by atomic mass is 35.5. The summed E-state index contributed by atoms with van der Waals surface area (Å²) in [6.07, 6.45) is 1.79. The monoisotopic (exact) mass is 221 g/mol. The molecule has 3 heteroatoms. The van der Waals surface area contributed by atoms with E-state index in [1.54, 1.807) is 13.3 Å². The van der Waals surface area contributed by atoms with Crippen molar-refractivity contribution in [2.24, 2.45) is 0 Å². The summed E-state index contributed by atoms with van der Waals surface area (Å²) in [5.74, 6) is 0.844. The Morgan fingerprint density at radius 1 is 1.20 bits per heavy atom. The molecule has 0 bridgehead atoms. The molecule has 2 aromatic rings. The molecule has 15 heavy (non-hydrogen) atoms. The molecule has 2 rings (SSSR count). The zero-order valence-electron chi connectivity index (χ0n) is 8.97. The number of aromatic nitrogens is 1. The van der Waals surface area contributed by atoms with Crippen LogP contribution < -0.4 is 4.74 Å². The Balaban J connectivity index is 2.82. The van der Waals surface area contributed by atoms with E-state index >= 15 is 0 Å². The summed E-state index contributed by atoms with van der Waals surface area (Å²) in [4.78, 5) is 4.34. The molecule has 0 unspecified atom stereocenters. The molecule has 0 aliphatic carbocycles. The molecule has 1 aromatic carbocycles. The van der Waals surface area contributed by atoms with E-state index in [1.165, 1.54) is 0 Å². The number of benzene rings is 1. The molecule has 0 aliphatic rings. The number of aryl methyl sites for hydroxylation is 2. The summed E-state index contributed by atoms with van der Waals surface area (Å²) in [6.45, 7) is 3.94. The summed E-state index contributed by atoms with van der Waals surface area (Å²) in [5, 5.41) is 1.69. The Hall–Kier alpha value is -1.28. The minimum absolute atomic E-state index is 0.748. The third-order valence-corrected chi connectivity index (χ3v) is 2.99. The van der Waals surface area contributed by atoms with Crippen molar-refractivity contribution >= 4 is 22.5 Å². The number of halogens is 1. The molecular weight excluding hydrogens is 210 g/mol. The fourth-order valence-corrected chi connectivity index (χ4v) is 1.81. The Bertz CT molecular complexity index is 523. The average Bonchev–Trinajstić information content (AvgIpc) is 2.23. The minimum Gasteiger partial charge on any atom is -0.496 e. The molecule has 0 saturated carbocycles. The van der Waals surface area contributed by atoms with Crippen LogP contribution in [0.5, 0.6) is 5.75 Å². The zero-order chi connectivity index (χ0) is 11.0. The van der Waals surface area contributed by atoms with Gasteiger partial charge in [0.15, 0.2) is 0 Å². The van der Waals surface area contributed by atoms with E-state index in [0.717, 1.165) is 32.8 Å². The van der Waals surface area contributed by atoms with Crippen LogP contribution in [0.15, 0.2) is 18.3 Å². The number of hydrogen-bond donors (Lipinski definition) is 0. The number of nitrogens with zero attached hydrogens (tertiary/aromatic N) is 1. The van der Waals surface area contributed by atoms with Gasteiger partial charge in [0.25, 0.3) is 0 Å². The second-order valence-corrected chi connectivity index (χ2v) is 3.97. The summed E-state index contributed by atoms with van der Waals surface area (Å²) in [5.41, 5.74) is 2.95. The highest BCUT2D eigenvalue weighted by Gasteiger charge is 2.07. The average molecular weight is 222 g/mol. The van der Waals surface area contributed by atoms with E-state index in [2.05, 4.69) is 4.98 Å². The van der Waals surface area contributed by atoms with E-state index in [9.17, 15) is 0 Å². The number of ether oxygens (including phenoxy) is 1. The lowest BCUT2D eigenvalue weighted by atomic mass is 10.1. The van der Waals surface area contributed by atoms with Crippen LogP contribution in [-0.2, 0) is 0 Å². The van der Waals surface area contributed by atoms with Gasteiger partial charge in [-0.15, -0.1) is 0 Å². The second-order valence-electron chi connectivity index (χ2n) is 3.59. The van der Waals surface area contributed by atoms with Crippen molar-refractivity contribution in [2.45, 2.75) is 13.8 Å². The fourth-order valence-electron chi connectivity index (χ4n) is 1.61. The maximum Gasteiger partial charge on any atom is 0.122 e. The third kappa shape index (κ3) is 1.65. The van der Waals surface area contributed by atoms with Gasteiger partial charge in [-0.25, -0.2) is 0 Å². The van der Waals surface area contributed by atoms with Crippen molar-refractivity contribution in [1.82, 2.24) is 4.98 Å². The van der Waals surface area contributed by atoms with Gasteiger partial charge in [0, 0.05) is 11.6 Å². The number of rotatable bonds is 1. The van der Waals surface area contributed by atoms with E-state index in [4.69, 9.17) is 16.3 Å². The Kier molecular flexibility index (Phi) is 2.53. The molecule has 78 valence electrons. The lowest BCUT2D eigenvalue weighted by Crippen LogP contribution is -1.90. The molecule has 0 fully saturated rings. The molecule has 1 aromatic heterocycles. The van der Waals surface area contributed by atoms with E-state index in [-0.39, 0.29) is 0 Å². The molecular formula is C12H12ClNO. The summed E-state index contributed by atoms with van der Waals surface area (Å²) in [6, 6.07) is 3.92. The van der Waals surface area contributed by atoms with Crippen molar-refractivity contribution < 1.29 is 4.74 Å². The van der Waals surface area contributed by atoms with Gasteiger partial charge in [-0.2, -0.15) is 0 Å². The molecule has 1 heterocycles. The molecule has 0 atom stereocenters. The largest absolute Gasteiger partial charge is 0.496 e. The van der Waals surface area contributed by atoms with Crippen LogP contribution in [0.3, 0.4) is 0 Å². The SMILES string of the molecule is COc1cc2c(Cl)c(C)cnc2cc1C. The molecule has 0 N–H and O–H groups in total. The van der Waals surface area contributed by atoms with Gasteiger partial charge < -0.3 is 4.74 Å². The molecule has 0 saturated heterocycles. The molecule has 2 nitrogen and oxygen atoms in total. The normalized spacial score (nSPS) is 10.7. The van der Waals surface area contributed by atoms with Gasteiger partial charge in [-0.05, 0) is 37.1 Å². The maximum absolute atomic E-state index is 6.21. The Morgan fingerprint density at radius 3 is 2.60 bits per heavy atom. The lowest BCUT2D eigenvalue weighted by Gasteiger charge is -2.08. The fraction of sp³-hybridized carbons (Fsp3) is 0.250. The predicted octanol–water partition coefficient (Wildman–Crippen LogP) is 3.51. The van der Waals surface area contributed by atoms with Crippen molar-refractivity contribution in [3.63, 3.8) is 0 Å². The second kappa shape index (κ2) is 3.70. The van der Waals surface area contributed by atoms with Gasteiger partial charge in [-0.3, -0.25) is 4.98 Å². The Morgan fingerprint density at radius 2 is 1.93 bits per heavy atom. The Labute approximate surface area is 93.8 Å². The van der Waals surface area contributed by atoms with Crippen LogP contribution in [-0.4, -0.2) is 12.1 Å². The maximum atomic E-state index is 6.21. The lowest BCUT2D eigenvalue weighted by molar-refractivity contribution is 0.412. The first kappa shape index (κ1) is 10.2. The first-order valence-corrected chi connectivity index (χ1v) is 5.10. The number of pyridine rings is 1. The van der Waals surface area contributed by atoms with Crippen LogP contribution in [0, 0.1) is 13.8 Å². The van der Waals surface area contributed by atoms with Crippen molar-refractivity contribution in [1.29, 1.82) is 0 Å². The quantitative estimate of drug-likeness (QED) is 0.735. The van der Waals surface area contributed by atoms with E-state index in [1.807, 2.05) is 26.0 Å². The van der Waals surface area contributed by atoms with Crippen molar-refractivity contribution in [3.05, 3.63) is 34.5 Å². The van der Waals surface area contributed by atoms with E-state index < -0.39 is 0 Å². The molecule has 0 aliphatic heterocycles. The predicted molar refractivity (Wildman–Crippen MR) is 62.8 cm³/mol. The minimum atomic E-state index is 0.748. The summed E-state index contributed by atoms with van der Waals surface area (Å²) < 4.78 is 5.26. The van der Waals surface area contributed by atoms with Crippen LogP contribution in [0.25, 0.3) is 10.9 Å². The number of hydrogen-bond acceptors (Lipinski definition) is 2. The van der Waals surface area contributed by atoms with Gasteiger partial charge in [0.1, 0.15) is 5.75 Å². The van der Waals surface area contributed by atoms with Crippen LogP contribution >= 0.6 is 11.6 Å². The van der Waals surface area contributed by atoms with Crippen molar-refractivity contribution in [3.8, 4) is 5.75 Å². The molecule has 0 amide bonds. The summed E-state index contributed by atoms with van der Waals surface area (Å²) in [7, 11) is 1.66. The van der Waals surface area contributed by atoms with E-state index in [0.29, 0.717) is 0 Å². The highest BCUT2D eigenvalue weighted by molar-refractivity contribution is 6.36. The summed E-state index contributed by atoms with van der Waals surface area (Å²) >= 11 is 6.21. The number of fused-ring (bicyclic) bond motifs is 1. The van der Waals surface area contributed by atoms with Crippen LogP contribution in [0.2, 0.25) is 5.02 Å². The first-order chi connectivity index (χ1) is 7.13. The molecule has 0 spiro atoms. The number of methoxy groups -OCH3 is 1. The third-order valence-electron chi connectivity index (χ3n) is 2.49. The standard InChI is InChI=1S/C12H12ClNO/c1-7-4-10-9(5-11(7)15-3)12(13)8(2)6-14-10/h4-6H,1-3H3. The van der Waals surface area contributed by atoms with Gasteiger partial charge >= 0.3 is 0 Å². The van der Waals surface area contributed by atoms with Crippen molar-refractivity contribution in [2.75, 3.05) is 7.11 Å². The zero-order valence-corrected chi connectivity index (χ0v) is 9.72.